The summed E-state index contributed by atoms with van der Waals surface area (Å²) in [5, 5.41) is 10.1. The van der Waals surface area contributed by atoms with Gasteiger partial charge in [0.15, 0.2) is 0 Å². The SMILES string of the molecule is CCc1ccc(OCC(O)CN2CCN(CC)CC2)cc1.Cl.Cl. The average molecular weight is 365 g/mol. The summed E-state index contributed by atoms with van der Waals surface area (Å²) in [6.07, 6.45) is 0.608. The number of likely N-dealkylation sites (N-methyl/N-ethyl adjacent to an activating group) is 1. The summed E-state index contributed by atoms with van der Waals surface area (Å²) in [5.41, 5.74) is 1.30. The van der Waals surface area contributed by atoms with Crippen molar-refractivity contribution in [2.75, 3.05) is 45.9 Å². The predicted molar refractivity (Wildman–Crippen MR) is 100 cm³/mol. The van der Waals surface area contributed by atoms with Crippen molar-refractivity contribution in [3.63, 3.8) is 0 Å². The van der Waals surface area contributed by atoms with Crippen LogP contribution >= 0.6 is 24.8 Å². The molecule has 1 N–H and O–H groups in total. The molecule has 1 atom stereocenters. The number of aliphatic hydroxyl groups excluding tert-OH is 1. The Balaban J connectivity index is 0.00000242. The maximum Gasteiger partial charge on any atom is 0.119 e. The van der Waals surface area contributed by atoms with Gasteiger partial charge in [-0.05, 0) is 30.7 Å². The lowest BCUT2D eigenvalue weighted by Crippen LogP contribution is -2.49. The Hall–Kier alpha value is -0.520. The highest BCUT2D eigenvalue weighted by molar-refractivity contribution is 5.85. The summed E-state index contributed by atoms with van der Waals surface area (Å²) >= 11 is 0. The Bertz CT molecular complexity index is 410. The van der Waals surface area contributed by atoms with Crippen LogP contribution in [0.5, 0.6) is 5.75 Å². The molecule has 0 aliphatic carbocycles. The third kappa shape index (κ3) is 7.73. The van der Waals surface area contributed by atoms with Gasteiger partial charge in [-0.3, -0.25) is 4.90 Å². The molecule has 1 aliphatic rings. The maximum atomic E-state index is 10.1. The minimum absolute atomic E-state index is 0. The fourth-order valence-electron chi connectivity index (χ4n) is 2.65. The Kier molecular flexibility index (Phi) is 11.7. The van der Waals surface area contributed by atoms with E-state index in [0.29, 0.717) is 13.2 Å². The number of benzene rings is 1. The summed E-state index contributed by atoms with van der Waals surface area (Å²) in [6.45, 7) is 10.8. The first kappa shape index (κ1) is 22.5. The van der Waals surface area contributed by atoms with Crippen molar-refractivity contribution >= 4 is 24.8 Å². The van der Waals surface area contributed by atoms with Gasteiger partial charge in [0.2, 0.25) is 0 Å². The molecular weight excluding hydrogens is 335 g/mol. The molecule has 134 valence electrons. The largest absolute Gasteiger partial charge is 0.491 e. The quantitative estimate of drug-likeness (QED) is 0.805. The molecule has 0 radical (unpaired) electrons. The van der Waals surface area contributed by atoms with E-state index in [1.807, 2.05) is 12.1 Å². The van der Waals surface area contributed by atoms with Gasteiger partial charge in [0.25, 0.3) is 0 Å². The minimum atomic E-state index is -0.427. The number of piperazine rings is 1. The van der Waals surface area contributed by atoms with Crippen LogP contribution in [0.15, 0.2) is 24.3 Å². The second-order valence-electron chi connectivity index (χ2n) is 5.70. The first-order valence-corrected chi connectivity index (χ1v) is 8.05. The van der Waals surface area contributed by atoms with Crippen LogP contribution in [-0.4, -0.2) is 66.9 Å². The number of rotatable bonds is 7. The lowest BCUT2D eigenvalue weighted by atomic mass is 10.2. The molecule has 1 aromatic rings. The number of hydrogen-bond donors (Lipinski definition) is 1. The van der Waals surface area contributed by atoms with E-state index < -0.39 is 6.10 Å². The molecule has 0 aromatic heterocycles. The third-order valence-electron chi connectivity index (χ3n) is 4.16. The minimum Gasteiger partial charge on any atom is -0.491 e. The zero-order chi connectivity index (χ0) is 15.1. The average Bonchev–Trinajstić information content (AvgIpc) is 2.54. The molecule has 0 spiro atoms. The number of aliphatic hydroxyl groups is 1. The molecule has 6 heteroatoms. The molecule has 4 nitrogen and oxygen atoms in total. The Labute approximate surface area is 152 Å². The number of β-amino-alcohol motifs (C(OH)–C–C–N with tert-alkyl or cyclic N) is 1. The van der Waals surface area contributed by atoms with E-state index in [-0.39, 0.29) is 24.8 Å². The smallest absolute Gasteiger partial charge is 0.119 e. The van der Waals surface area contributed by atoms with Crippen LogP contribution in [0, 0.1) is 0 Å². The van der Waals surface area contributed by atoms with E-state index >= 15 is 0 Å². The van der Waals surface area contributed by atoms with Crippen molar-refractivity contribution in [3.8, 4) is 5.75 Å². The van der Waals surface area contributed by atoms with E-state index in [4.69, 9.17) is 4.74 Å². The molecule has 1 saturated heterocycles. The van der Waals surface area contributed by atoms with Crippen molar-refractivity contribution in [2.45, 2.75) is 26.4 Å². The van der Waals surface area contributed by atoms with Gasteiger partial charge in [0.1, 0.15) is 18.5 Å². The molecule has 0 bridgehead atoms. The summed E-state index contributed by atoms with van der Waals surface area (Å²) in [5.74, 6) is 0.835. The summed E-state index contributed by atoms with van der Waals surface area (Å²) in [6, 6.07) is 8.11. The number of halogens is 2. The van der Waals surface area contributed by atoms with E-state index in [1.54, 1.807) is 0 Å². The molecular formula is C17H30Cl2N2O2. The van der Waals surface area contributed by atoms with Gasteiger partial charge in [-0.1, -0.05) is 26.0 Å². The fourth-order valence-corrected chi connectivity index (χ4v) is 2.65. The lowest BCUT2D eigenvalue weighted by Gasteiger charge is -2.34. The van der Waals surface area contributed by atoms with Gasteiger partial charge >= 0.3 is 0 Å². The molecule has 0 amide bonds. The third-order valence-corrected chi connectivity index (χ3v) is 4.16. The van der Waals surface area contributed by atoms with Gasteiger partial charge in [-0.25, -0.2) is 0 Å². The van der Waals surface area contributed by atoms with Crippen LogP contribution in [0.3, 0.4) is 0 Å². The van der Waals surface area contributed by atoms with Crippen LogP contribution in [0.1, 0.15) is 19.4 Å². The first-order chi connectivity index (χ1) is 10.2. The topological polar surface area (TPSA) is 35.9 Å². The van der Waals surface area contributed by atoms with Crippen LogP contribution in [0.25, 0.3) is 0 Å². The van der Waals surface area contributed by atoms with E-state index in [9.17, 15) is 5.11 Å². The summed E-state index contributed by atoms with van der Waals surface area (Å²) < 4.78 is 5.66. The van der Waals surface area contributed by atoms with Gasteiger partial charge in [-0.15, -0.1) is 24.8 Å². The second kappa shape index (κ2) is 11.9. The number of nitrogens with zero attached hydrogens (tertiary/aromatic N) is 2. The standard InChI is InChI=1S/C17H28N2O2.2ClH/c1-3-15-5-7-17(8-6-15)21-14-16(20)13-19-11-9-18(4-2)10-12-19;;/h5-8,16,20H,3-4,9-14H2,1-2H3;2*1H. The number of aryl methyl sites for hydroxylation is 1. The lowest BCUT2D eigenvalue weighted by molar-refractivity contribution is 0.0471. The van der Waals surface area contributed by atoms with Crippen LogP contribution in [0.4, 0.5) is 0 Å². The molecule has 1 aromatic carbocycles. The van der Waals surface area contributed by atoms with Crippen molar-refractivity contribution in [1.82, 2.24) is 9.80 Å². The van der Waals surface area contributed by atoms with E-state index in [0.717, 1.165) is 44.9 Å². The molecule has 0 saturated carbocycles. The Morgan fingerprint density at radius 3 is 2.09 bits per heavy atom. The highest BCUT2D eigenvalue weighted by atomic mass is 35.5. The van der Waals surface area contributed by atoms with Crippen LogP contribution < -0.4 is 4.74 Å². The maximum absolute atomic E-state index is 10.1. The molecule has 23 heavy (non-hydrogen) atoms. The summed E-state index contributed by atoms with van der Waals surface area (Å²) in [4.78, 5) is 4.76. The van der Waals surface area contributed by atoms with Crippen molar-refractivity contribution < 1.29 is 9.84 Å². The second-order valence-corrected chi connectivity index (χ2v) is 5.70. The highest BCUT2D eigenvalue weighted by Crippen LogP contribution is 2.13. The van der Waals surface area contributed by atoms with Gasteiger partial charge in [0.05, 0.1) is 0 Å². The fraction of sp³-hybridized carbons (Fsp3) is 0.647. The van der Waals surface area contributed by atoms with Crippen molar-refractivity contribution in [2.24, 2.45) is 0 Å². The summed E-state index contributed by atoms with van der Waals surface area (Å²) in [7, 11) is 0. The van der Waals surface area contributed by atoms with E-state index in [2.05, 4.69) is 35.8 Å². The monoisotopic (exact) mass is 364 g/mol. The number of hydrogen-bond acceptors (Lipinski definition) is 4. The molecule has 1 fully saturated rings. The molecule has 1 aliphatic heterocycles. The van der Waals surface area contributed by atoms with Crippen LogP contribution in [-0.2, 0) is 6.42 Å². The Morgan fingerprint density at radius 1 is 1.00 bits per heavy atom. The highest BCUT2D eigenvalue weighted by Gasteiger charge is 2.18. The van der Waals surface area contributed by atoms with Gasteiger partial charge in [0, 0.05) is 32.7 Å². The Morgan fingerprint density at radius 2 is 1.57 bits per heavy atom. The van der Waals surface area contributed by atoms with Crippen molar-refractivity contribution in [1.29, 1.82) is 0 Å². The van der Waals surface area contributed by atoms with Crippen molar-refractivity contribution in [3.05, 3.63) is 29.8 Å². The first-order valence-electron chi connectivity index (χ1n) is 8.05. The molecule has 1 heterocycles. The molecule has 1 unspecified atom stereocenters. The van der Waals surface area contributed by atoms with E-state index in [1.165, 1.54) is 5.56 Å². The van der Waals surface area contributed by atoms with Gasteiger partial charge in [-0.2, -0.15) is 0 Å². The number of ether oxygens (including phenoxy) is 1. The van der Waals surface area contributed by atoms with Gasteiger partial charge < -0.3 is 14.7 Å². The zero-order valence-corrected chi connectivity index (χ0v) is 15.7. The molecule has 2 rings (SSSR count). The zero-order valence-electron chi connectivity index (χ0n) is 14.1. The normalized spacial score (nSPS) is 17.0. The predicted octanol–water partition coefficient (Wildman–Crippen LogP) is 2.47. The van der Waals surface area contributed by atoms with Crippen LogP contribution in [0.2, 0.25) is 0 Å².